The van der Waals surface area contributed by atoms with E-state index in [2.05, 4.69) is 64.9 Å². The van der Waals surface area contributed by atoms with Crippen molar-refractivity contribution in [2.75, 3.05) is 33.4 Å². The molecular formula is C26H31NO2S. The van der Waals surface area contributed by atoms with Gasteiger partial charge in [0.1, 0.15) is 18.1 Å². The number of benzene rings is 2. The van der Waals surface area contributed by atoms with E-state index in [9.17, 15) is 0 Å². The molecule has 1 aliphatic rings. The van der Waals surface area contributed by atoms with Gasteiger partial charge in [-0.2, -0.15) is 0 Å². The molecule has 1 aliphatic heterocycles. The van der Waals surface area contributed by atoms with Gasteiger partial charge in [0, 0.05) is 17.3 Å². The first-order valence-corrected chi connectivity index (χ1v) is 11.8. The molecule has 1 aromatic heterocycles. The van der Waals surface area contributed by atoms with Gasteiger partial charge in [-0.05, 0) is 72.8 Å². The maximum absolute atomic E-state index is 6.06. The second kappa shape index (κ2) is 10.6. The van der Waals surface area contributed by atoms with E-state index in [1.54, 1.807) is 18.4 Å². The van der Waals surface area contributed by atoms with E-state index in [4.69, 9.17) is 9.47 Å². The molecule has 1 fully saturated rings. The van der Waals surface area contributed by atoms with E-state index in [-0.39, 0.29) is 5.92 Å². The fourth-order valence-electron chi connectivity index (χ4n) is 4.21. The van der Waals surface area contributed by atoms with Gasteiger partial charge in [-0.15, -0.1) is 11.3 Å². The second-order valence-electron chi connectivity index (χ2n) is 7.90. The summed E-state index contributed by atoms with van der Waals surface area (Å²) in [6, 6.07) is 21.3. The molecular weight excluding hydrogens is 390 g/mol. The van der Waals surface area contributed by atoms with Crippen LogP contribution in [0.3, 0.4) is 0 Å². The van der Waals surface area contributed by atoms with Crippen LogP contribution >= 0.6 is 11.3 Å². The maximum Gasteiger partial charge on any atom is 0.119 e. The van der Waals surface area contributed by atoms with Crippen molar-refractivity contribution >= 4 is 11.3 Å². The van der Waals surface area contributed by atoms with Crippen LogP contribution in [0.25, 0.3) is 0 Å². The Labute approximate surface area is 184 Å². The number of hydrogen-bond acceptors (Lipinski definition) is 4. The van der Waals surface area contributed by atoms with Crippen LogP contribution in [0.5, 0.6) is 11.5 Å². The first-order valence-electron chi connectivity index (χ1n) is 11.0. The van der Waals surface area contributed by atoms with Crippen LogP contribution in [0.2, 0.25) is 0 Å². The highest BCUT2D eigenvalue weighted by atomic mass is 32.1. The third-order valence-electron chi connectivity index (χ3n) is 5.84. The van der Waals surface area contributed by atoms with Crippen molar-refractivity contribution < 1.29 is 9.47 Å². The lowest BCUT2D eigenvalue weighted by atomic mass is 9.90. The highest BCUT2D eigenvalue weighted by Gasteiger charge is 2.18. The lowest BCUT2D eigenvalue weighted by Gasteiger charge is -2.20. The van der Waals surface area contributed by atoms with E-state index in [0.29, 0.717) is 0 Å². The summed E-state index contributed by atoms with van der Waals surface area (Å²) in [5.41, 5.74) is 2.51. The van der Waals surface area contributed by atoms with Gasteiger partial charge in [-0.3, -0.25) is 4.90 Å². The van der Waals surface area contributed by atoms with Crippen LogP contribution in [0, 0.1) is 0 Å². The quantitative estimate of drug-likeness (QED) is 0.433. The zero-order chi connectivity index (χ0) is 20.6. The van der Waals surface area contributed by atoms with Crippen LogP contribution in [-0.2, 0) is 0 Å². The summed E-state index contributed by atoms with van der Waals surface area (Å²) in [6.45, 7) is 4.20. The Bertz CT molecular complexity index is 884. The second-order valence-corrected chi connectivity index (χ2v) is 8.88. The normalized spacial score (nSPS) is 16.0. The van der Waals surface area contributed by atoms with Crippen molar-refractivity contribution in [2.24, 2.45) is 0 Å². The van der Waals surface area contributed by atoms with Gasteiger partial charge >= 0.3 is 0 Å². The number of ether oxygens (including phenoxy) is 2. The predicted octanol–water partition coefficient (Wildman–Crippen LogP) is 6.19. The number of methoxy groups -OCH3 is 1. The molecule has 4 heteroatoms. The van der Waals surface area contributed by atoms with Crippen molar-refractivity contribution in [3.05, 3.63) is 82.0 Å². The van der Waals surface area contributed by atoms with E-state index < -0.39 is 0 Å². The third kappa shape index (κ3) is 5.44. The number of likely N-dealkylation sites (tertiary alicyclic amines) is 1. The molecule has 158 valence electrons. The average molecular weight is 422 g/mol. The molecule has 3 aromatic rings. The molecule has 2 aromatic carbocycles. The number of thiophene rings is 1. The summed E-state index contributed by atoms with van der Waals surface area (Å²) in [5.74, 6) is 2.04. The Hall–Kier alpha value is -2.30. The monoisotopic (exact) mass is 421 g/mol. The summed E-state index contributed by atoms with van der Waals surface area (Å²) in [5, 5.41) is 2.14. The van der Waals surface area contributed by atoms with Crippen molar-refractivity contribution in [3.63, 3.8) is 0 Å². The Kier molecular flexibility index (Phi) is 7.44. The predicted molar refractivity (Wildman–Crippen MR) is 125 cm³/mol. The van der Waals surface area contributed by atoms with Gasteiger partial charge in [0.2, 0.25) is 0 Å². The molecule has 2 heterocycles. The summed E-state index contributed by atoms with van der Waals surface area (Å²) in [4.78, 5) is 3.87. The van der Waals surface area contributed by atoms with Crippen LogP contribution < -0.4 is 9.47 Å². The van der Waals surface area contributed by atoms with Crippen LogP contribution in [0.1, 0.15) is 47.6 Å². The lowest BCUT2D eigenvalue weighted by Crippen LogP contribution is -2.29. The van der Waals surface area contributed by atoms with Crippen molar-refractivity contribution in [1.82, 2.24) is 4.90 Å². The first kappa shape index (κ1) is 21.0. The van der Waals surface area contributed by atoms with Crippen LogP contribution in [0.15, 0.2) is 66.0 Å². The lowest BCUT2D eigenvalue weighted by molar-refractivity contribution is 0.214. The minimum absolute atomic E-state index is 0.200. The molecule has 1 saturated heterocycles. The van der Waals surface area contributed by atoms with E-state index in [1.165, 1.54) is 54.8 Å². The van der Waals surface area contributed by atoms with Gasteiger partial charge in [-0.25, -0.2) is 0 Å². The largest absolute Gasteiger partial charge is 0.497 e. The minimum atomic E-state index is 0.200. The molecule has 0 N–H and O–H groups in total. The molecule has 3 nitrogen and oxygen atoms in total. The highest BCUT2D eigenvalue weighted by Crippen LogP contribution is 2.36. The molecule has 0 unspecified atom stereocenters. The van der Waals surface area contributed by atoms with Crippen LogP contribution in [-0.4, -0.2) is 38.3 Å². The maximum atomic E-state index is 6.06. The Balaban J connectivity index is 1.44. The Morgan fingerprint density at radius 2 is 1.67 bits per heavy atom. The molecule has 0 saturated carbocycles. The molecule has 4 rings (SSSR count). The van der Waals surface area contributed by atoms with Gasteiger partial charge in [0.25, 0.3) is 0 Å². The molecule has 0 spiro atoms. The van der Waals surface area contributed by atoms with E-state index in [1.807, 2.05) is 6.07 Å². The van der Waals surface area contributed by atoms with Crippen molar-refractivity contribution in [1.29, 1.82) is 0 Å². The molecule has 0 amide bonds. The summed E-state index contributed by atoms with van der Waals surface area (Å²) < 4.78 is 11.5. The topological polar surface area (TPSA) is 21.7 Å². The van der Waals surface area contributed by atoms with E-state index in [0.717, 1.165) is 24.7 Å². The van der Waals surface area contributed by atoms with Crippen molar-refractivity contribution in [2.45, 2.75) is 31.6 Å². The summed E-state index contributed by atoms with van der Waals surface area (Å²) in [7, 11) is 1.72. The number of rotatable bonds is 8. The van der Waals surface area contributed by atoms with E-state index >= 15 is 0 Å². The SMILES string of the molecule is COc1cccc([C@H](c2ccc(OCCN3CCCCCC3)cc2)c2cccs2)c1. The smallest absolute Gasteiger partial charge is 0.119 e. The van der Waals surface area contributed by atoms with Crippen LogP contribution in [0.4, 0.5) is 0 Å². The molecule has 30 heavy (non-hydrogen) atoms. The van der Waals surface area contributed by atoms with Crippen molar-refractivity contribution in [3.8, 4) is 11.5 Å². The van der Waals surface area contributed by atoms with Gasteiger partial charge in [-0.1, -0.05) is 43.2 Å². The number of hydrogen-bond donors (Lipinski definition) is 0. The minimum Gasteiger partial charge on any atom is -0.497 e. The number of nitrogens with zero attached hydrogens (tertiary/aromatic N) is 1. The summed E-state index contributed by atoms with van der Waals surface area (Å²) >= 11 is 1.79. The van der Waals surface area contributed by atoms with Gasteiger partial charge in [0.15, 0.2) is 0 Å². The average Bonchev–Trinajstić information content (AvgIpc) is 3.18. The summed E-state index contributed by atoms with van der Waals surface area (Å²) in [6.07, 6.45) is 5.39. The Morgan fingerprint density at radius 3 is 2.37 bits per heavy atom. The highest BCUT2D eigenvalue weighted by molar-refractivity contribution is 7.10. The zero-order valence-electron chi connectivity index (χ0n) is 17.8. The standard InChI is InChI=1S/C26H31NO2S/c1-28-24-9-6-8-22(20-24)26(25-10-7-19-30-25)21-11-13-23(14-12-21)29-18-17-27-15-4-2-3-5-16-27/h6-14,19-20,26H,2-5,15-18H2,1H3/t26-/m0/s1. The first-order chi connectivity index (χ1) is 14.8. The fourth-order valence-corrected chi connectivity index (χ4v) is 5.09. The molecule has 0 aliphatic carbocycles. The van der Waals surface area contributed by atoms with Gasteiger partial charge in [0.05, 0.1) is 7.11 Å². The fraction of sp³-hybridized carbons (Fsp3) is 0.385. The molecule has 0 bridgehead atoms. The molecule has 1 atom stereocenters. The Morgan fingerprint density at radius 1 is 0.867 bits per heavy atom. The zero-order valence-corrected chi connectivity index (χ0v) is 18.6. The molecule has 0 radical (unpaired) electrons. The van der Waals surface area contributed by atoms with Gasteiger partial charge < -0.3 is 9.47 Å². The third-order valence-corrected chi connectivity index (χ3v) is 6.78.